The molecule has 8 heteroatoms. The number of rotatable bonds is 4. The molecule has 0 saturated carbocycles. The standard InChI is InChI=1S/C14H18N2O5S/c1-15(22(2,20)21)9-13(17)16-8-11-6-4-3-5-10(11)7-12(16)14(18)19/h3-6,12H,7-9H2,1-2H3,(H,18,19). The van der Waals surface area contributed by atoms with E-state index in [9.17, 15) is 23.1 Å². The van der Waals surface area contributed by atoms with E-state index in [1.54, 1.807) is 0 Å². The molecule has 1 aromatic carbocycles. The Morgan fingerprint density at radius 1 is 1.32 bits per heavy atom. The van der Waals surface area contributed by atoms with Gasteiger partial charge in [0.05, 0.1) is 12.8 Å². The number of carbonyl (C=O) groups is 2. The molecule has 0 aliphatic carbocycles. The molecule has 0 spiro atoms. The van der Waals surface area contributed by atoms with Crippen LogP contribution in [0.3, 0.4) is 0 Å². The summed E-state index contributed by atoms with van der Waals surface area (Å²) in [6.45, 7) is -0.200. The Labute approximate surface area is 129 Å². The summed E-state index contributed by atoms with van der Waals surface area (Å²) in [6.07, 6.45) is 1.22. The number of nitrogens with zero attached hydrogens (tertiary/aromatic N) is 2. The Balaban J connectivity index is 2.24. The van der Waals surface area contributed by atoms with Gasteiger partial charge in [-0.1, -0.05) is 24.3 Å². The normalized spacial score (nSPS) is 18.1. The highest BCUT2D eigenvalue weighted by atomic mass is 32.2. The lowest BCUT2D eigenvalue weighted by Crippen LogP contribution is -2.51. The van der Waals surface area contributed by atoms with E-state index in [1.807, 2.05) is 24.3 Å². The summed E-state index contributed by atoms with van der Waals surface area (Å²) in [4.78, 5) is 25.0. The molecule has 0 saturated heterocycles. The average molecular weight is 326 g/mol. The van der Waals surface area contributed by atoms with Crippen molar-refractivity contribution in [1.82, 2.24) is 9.21 Å². The van der Waals surface area contributed by atoms with Gasteiger partial charge in [-0.15, -0.1) is 0 Å². The second kappa shape index (κ2) is 6.05. The maximum atomic E-state index is 12.3. The molecule has 2 rings (SSSR count). The fraction of sp³-hybridized carbons (Fsp3) is 0.429. The van der Waals surface area contributed by atoms with Crippen LogP contribution in [0.5, 0.6) is 0 Å². The lowest BCUT2D eigenvalue weighted by Gasteiger charge is -2.35. The minimum Gasteiger partial charge on any atom is -0.480 e. The van der Waals surface area contributed by atoms with Gasteiger partial charge in [-0.3, -0.25) is 4.79 Å². The second-order valence-electron chi connectivity index (χ2n) is 5.37. The van der Waals surface area contributed by atoms with Crippen LogP contribution in [-0.4, -0.2) is 60.5 Å². The van der Waals surface area contributed by atoms with Gasteiger partial charge in [0.15, 0.2) is 0 Å². The molecule has 120 valence electrons. The minimum atomic E-state index is -3.50. The first-order valence-corrected chi connectivity index (χ1v) is 8.55. The fourth-order valence-electron chi connectivity index (χ4n) is 2.40. The highest BCUT2D eigenvalue weighted by Crippen LogP contribution is 2.23. The number of carboxylic acids is 1. The van der Waals surface area contributed by atoms with Gasteiger partial charge in [-0.05, 0) is 11.1 Å². The molecule has 0 aromatic heterocycles. The molecule has 7 nitrogen and oxygen atoms in total. The number of aliphatic carboxylic acids is 1. The van der Waals surface area contributed by atoms with E-state index in [2.05, 4.69) is 0 Å². The van der Waals surface area contributed by atoms with E-state index < -0.39 is 27.9 Å². The third-order valence-corrected chi connectivity index (χ3v) is 5.04. The molecule has 0 radical (unpaired) electrons. The van der Waals surface area contributed by atoms with Crippen LogP contribution in [0.15, 0.2) is 24.3 Å². The van der Waals surface area contributed by atoms with Crippen LogP contribution in [0.1, 0.15) is 11.1 Å². The van der Waals surface area contributed by atoms with Gasteiger partial charge >= 0.3 is 5.97 Å². The average Bonchev–Trinajstić information content (AvgIpc) is 2.44. The van der Waals surface area contributed by atoms with E-state index in [1.165, 1.54) is 11.9 Å². The summed E-state index contributed by atoms with van der Waals surface area (Å²) in [6, 6.07) is 6.36. The van der Waals surface area contributed by atoms with Crippen molar-refractivity contribution in [3.8, 4) is 0 Å². The summed E-state index contributed by atoms with van der Waals surface area (Å²) >= 11 is 0. The van der Waals surface area contributed by atoms with E-state index in [0.29, 0.717) is 0 Å². The minimum absolute atomic E-state index is 0.170. The summed E-state index contributed by atoms with van der Waals surface area (Å²) in [5.74, 6) is -1.61. The van der Waals surface area contributed by atoms with Crippen LogP contribution >= 0.6 is 0 Å². The summed E-state index contributed by atoms with van der Waals surface area (Å²) in [7, 11) is -2.20. The predicted molar refractivity (Wildman–Crippen MR) is 79.6 cm³/mol. The van der Waals surface area contributed by atoms with Crippen molar-refractivity contribution in [2.24, 2.45) is 0 Å². The quantitative estimate of drug-likeness (QED) is 0.835. The number of carbonyl (C=O) groups excluding carboxylic acids is 1. The van der Waals surface area contributed by atoms with Crippen LogP contribution < -0.4 is 0 Å². The molecule has 0 bridgehead atoms. The molecule has 1 aliphatic rings. The highest BCUT2D eigenvalue weighted by molar-refractivity contribution is 7.88. The largest absolute Gasteiger partial charge is 0.480 e. The van der Waals surface area contributed by atoms with Gasteiger partial charge in [0.25, 0.3) is 0 Å². The first-order valence-electron chi connectivity index (χ1n) is 6.70. The van der Waals surface area contributed by atoms with Gasteiger partial charge < -0.3 is 10.0 Å². The highest BCUT2D eigenvalue weighted by Gasteiger charge is 2.35. The van der Waals surface area contributed by atoms with Gasteiger partial charge in [-0.2, -0.15) is 4.31 Å². The van der Waals surface area contributed by atoms with Crippen molar-refractivity contribution in [3.63, 3.8) is 0 Å². The zero-order chi connectivity index (χ0) is 16.5. The Bertz CT molecular complexity index is 701. The Kier molecular flexibility index (Phi) is 4.52. The smallest absolute Gasteiger partial charge is 0.326 e. The molecule has 1 heterocycles. The van der Waals surface area contributed by atoms with Crippen molar-refractivity contribution in [2.45, 2.75) is 19.0 Å². The van der Waals surface area contributed by atoms with Gasteiger partial charge in [0.2, 0.25) is 15.9 Å². The number of likely N-dealkylation sites (N-methyl/N-ethyl adjacent to an activating group) is 1. The van der Waals surface area contributed by atoms with E-state index in [-0.39, 0.29) is 19.5 Å². The molecule has 22 heavy (non-hydrogen) atoms. The Morgan fingerprint density at radius 3 is 2.45 bits per heavy atom. The van der Waals surface area contributed by atoms with Crippen LogP contribution in [0, 0.1) is 0 Å². The maximum Gasteiger partial charge on any atom is 0.326 e. The number of hydrogen-bond donors (Lipinski definition) is 1. The SMILES string of the molecule is CN(CC(=O)N1Cc2ccccc2CC1C(=O)O)S(C)(=O)=O. The fourth-order valence-corrected chi connectivity index (χ4v) is 2.75. The molecule has 1 N–H and O–H groups in total. The van der Waals surface area contributed by atoms with E-state index >= 15 is 0 Å². The van der Waals surface area contributed by atoms with Gasteiger partial charge in [-0.25, -0.2) is 13.2 Å². The lowest BCUT2D eigenvalue weighted by atomic mass is 9.94. The summed E-state index contributed by atoms with van der Waals surface area (Å²) < 4.78 is 23.7. The van der Waals surface area contributed by atoms with Crippen molar-refractivity contribution in [1.29, 1.82) is 0 Å². The predicted octanol–water partition coefficient (Wildman–Crippen LogP) is -0.0841. The molecule has 1 aromatic rings. The Hall–Kier alpha value is -1.93. The number of benzene rings is 1. The topological polar surface area (TPSA) is 95.0 Å². The van der Waals surface area contributed by atoms with E-state index in [4.69, 9.17) is 0 Å². The van der Waals surface area contributed by atoms with Crippen molar-refractivity contribution < 1.29 is 23.1 Å². The zero-order valence-corrected chi connectivity index (χ0v) is 13.2. The van der Waals surface area contributed by atoms with Gasteiger partial charge in [0, 0.05) is 20.0 Å². The van der Waals surface area contributed by atoms with Crippen molar-refractivity contribution in [3.05, 3.63) is 35.4 Å². The zero-order valence-electron chi connectivity index (χ0n) is 12.4. The third kappa shape index (κ3) is 3.45. The number of hydrogen-bond acceptors (Lipinski definition) is 4. The van der Waals surface area contributed by atoms with Crippen molar-refractivity contribution in [2.75, 3.05) is 19.8 Å². The monoisotopic (exact) mass is 326 g/mol. The number of amides is 1. The second-order valence-corrected chi connectivity index (χ2v) is 7.46. The Morgan fingerprint density at radius 2 is 1.91 bits per heavy atom. The maximum absolute atomic E-state index is 12.3. The number of fused-ring (bicyclic) bond motifs is 1. The molecular weight excluding hydrogens is 308 g/mol. The van der Waals surface area contributed by atoms with Crippen LogP contribution in [-0.2, 0) is 32.6 Å². The molecule has 0 fully saturated rings. The van der Waals surface area contributed by atoms with Gasteiger partial charge in [0.1, 0.15) is 6.04 Å². The first kappa shape index (κ1) is 16.4. The molecule has 1 unspecified atom stereocenters. The summed E-state index contributed by atoms with van der Waals surface area (Å²) in [5.41, 5.74) is 1.78. The molecule has 1 atom stereocenters. The number of carboxylic acid groups (broad SMARTS) is 1. The first-order chi connectivity index (χ1) is 10.2. The molecular formula is C14H18N2O5S. The van der Waals surface area contributed by atoms with Crippen LogP contribution in [0.2, 0.25) is 0 Å². The number of sulfonamides is 1. The van der Waals surface area contributed by atoms with Crippen molar-refractivity contribution >= 4 is 21.9 Å². The molecule has 1 aliphatic heterocycles. The third-order valence-electron chi connectivity index (χ3n) is 3.78. The lowest BCUT2D eigenvalue weighted by molar-refractivity contribution is -0.151. The summed E-state index contributed by atoms with van der Waals surface area (Å²) in [5, 5.41) is 9.35. The van der Waals surface area contributed by atoms with Crippen LogP contribution in [0.25, 0.3) is 0 Å². The molecule has 1 amide bonds. The van der Waals surface area contributed by atoms with E-state index in [0.717, 1.165) is 21.7 Å². The van der Waals surface area contributed by atoms with Crippen LogP contribution in [0.4, 0.5) is 0 Å².